The average Bonchev–Trinajstić information content (AvgIpc) is 2.35. The molecule has 1 unspecified atom stereocenters. The van der Waals surface area contributed by atoms with Crippen LogP contribution in [0.1, 0.15) is 46.6 Å². The second kappa shape index (κ2) is 6.61. The van der Waals surface area contributed by atoms with Crippen molar-refractivity contribution in [1.29, 1.82) is 0 Å². The van der Waals surface area contributed by atoms with Gasteiger partial charge in [0.1, 0.15) is 0 Å². The Kier molecular flexibility index (Phi) is 5.57. The van der Waals surface area contributed by atoms with Crippen LogP contribution in [0.4, 0.5) is 0 Å². The Morgan fingerprint density at radius 2 is 1.67 bits per heavy atom. The monoisotopic (exact) mass is 290 g/mol. The van der Waals surface area contributed by atoms with Crippen LogP contribution in [0.5, 0.6) is 0 Å². The number of nitrogens with zero attached hydrogens (tertiary/aromatic N) is 1. The van der Waals surface area contributed by atoms with E-state index in [4.69, 9.17) is 5.73 Å². The summed E-state index contributed by atoms with van der Waals surface area (Å²) < 4.78 is 0. The van der Waals surface area contributed by atoms with E-state index >= 15 is 0 Å². The zero-order valence-corrected chi connectivity index (χ0v) is 14.3. The number of hydrogen-bond donors (Lipinski definition) is 1. The van der Waals surface area contributed by atoms with E-state index in [0.717, 1.165) is 12.0 Å². The minimum absolute atomic E-state index is 0.00750. The molecule has 0 saturated carbocycles. The number of amides is 1. The first-order valence-corrected chi connectivity index (χ1v) is 7.60. The topological polar surface area (TPSA) is 46.3 Å². The highest BCUT2D eigenvalue weighted by Crippen LogP contribution is 2.30. The van der Waals surface area contributed by atoms with Gasteiger partial charge >= 0.3 is 0 Å². The first kappa shape index (κ1) is 17.7. The lowest BCUT2D eigenvalue weighted by Gasteiger charge is -2.41. The van der Waals surface area contributed by atoms with Crippen LogP contribution >= 0.6 is 0 Å². The van der Waals surface area contributed by atoms with Crippen molar-refractivity contribution in [3.05, 3.63) is 35.9 Å². The molecule has 0 aliphatic carbocycles. The molecule has 0 fully saturated rings. The molecule has 0 spiro atoms. The lowest BCUT2D eigenvalue weighted by molar-refractivity contribution is -0.136. The Morgan fingerprint density at radius 1 is 1.14 bits per heavy atom. The van der Waals surface area contributed by atoms with Crippen molar-refractivity contribution in [1.82, 2.24) is 4.90 Å². The largest absolute Gasteiger partial charge is 0.339 e. The lowest BCUT2D eigenvalue weighted by atomic mass is 9.80. The van der Waals surface area contributed by atoms with Crippen LogP contribution in [-0.4, -0.2) is 29.4 Å². The SMILES string of the molecule is CN(C(=O)C(N)Cc1ccccc1)C(C)(C)CC(C)(C)C. The van der Waals surface area contributed by atoms with E-state index in [9.17, 15) is 4.79 Å². The summed E-state index contributed by atoms with van der Waals surface area (Å²) in [5.74, 6) is 0.00750. The molecular weight excluding hydrogens is 260 g/mol. The third-order valence-corrected chi connectivity index (χ3v) is 3.82. The number of carbonyl (C=O) groups is 1. The van der Waals surface area contributed by atoms with E-state index in [0.29, 0.717) is 6.42 Å². The van der Waals surface area contributed by atoms with Crippen LogP contribution in [0.2, 0.25) is 0 Å². The molecule has 0 aromatic heterocycles. The molecule has 2 N–H and O–H groups in total. The van der Waals surface area contributed by atoms with Gasteiger partial charge in [0.2, 0.25) is 5.91 Å². The molecule has 0 saturated heterocycles. The van der Waals surface area contributed by atoms with Gasteiger partial charge in [-0.1, -0.05) is 51.1 Å². The maximum absolute atomic E-state index is 12.6. The molecule has 0 aliphatic heterocycles. The zero-order chi connectivity index (χ0) is 16.3. The van der Waals surface area contributed by atoms with Crippen molar-refractivity contribution < 1.29 is 4.79 Å². The highest BCUT2D eigenvalue weighted by Gasteiger charge is 2.33. The summed E-state index contributed by atoms with van der Waals surface area (Å²) in [7, 11) is 1.86. The summed E-state index contributed by atoms with van der Waals surface area (Å²) in [4.78, 5) is 14.4. The number of likely N-dealkylation sites (N-methyl/N-ethyl adjacent to an activating group) is 1. The van der Waals surface area contributed by atoms with Crippen LogP contribution in [0.3, 0.4) is 0 Å². The standard InChI is InChI=1S/C18H30N2O/c1-17(2,3)13-18(4,5)20(6)16(21)15(19)12-14-10-8-7-9-11-14/h7-11,15H,12-13,19H2,1-6H3. The van der Waals surface area contributed by atoms with E-state index in [-0.39, 0.29) is 16.9 Å². The second-order valence-electron chi connectivity index (χ2n) is 7.74. The van der Waals surface area contributed by atoms with Crippen molar-refractivity contribution in [2.75, 3.05) is 7.05 Å². The fraction of sp³-hybridized carbons (Fsp3) is 0.611. The van der Waals surface area contributed by atoms with Gasteiger partial charge in [-0.2, -0.15) is 0 Å². The van der Waals surface area contributed by atoms with E-state index in [1.807, 2.05) is 42.3 Å². The smallest absolute Gasteiger partial charge is 0.240 e. The normalized spacial score (nSPS) is 13.9. The number of rotatable bonds is 5. The van der Waals surface area contributed by atoms with E-state index in [1.54, 1.807) is 0 Å². The molecule has 3 nitrogen and oxygen atoms in total. The Balaban J connectivity index is 2.73. The minimum atomic E-state index is -0.489. The molecule has 0 bridgehead atoms. The predicted molar refractivity (Wildman–Crippen MR) is 89.0 cm³/mol. The molecule has 1 rings (SSSR count). The number of carbonyl (C=O) groups excluding carboxylic acids is 1. The first-order chi connectivity index (χ1) is 9.53. The molecule has 118 valence electrons. The van der Waals surface area contributed by atoms with Crippen molar-refractivity contribution >= 4 is 5.91 Å². The summed E-state index contributed by atoms with van der Waals surface area (Å²) in [5.41, 5.74) is 7.18. The molecule has 0 heterocycles. The second-order valence-corrected chi connectivity index (χ2v) is 7.74. The zero-order valence-electron chi connectivity index (χ0n) is 14.3. The summed E-state index contributed by atoms with van der Waals surface area (Å²) in [6.07, 6.45) is 1.51. The lowest BCUT2D eigenvalue weighted by Crippen LogP contribution is -2.53. The van der Waals surface area contributed by atoms with Crippen molar-refractivity contribution in [2.24, 2.45) is 11.1 Å². The van der Waals surface area contributed by atoms with Gasteiger partial charge in [-0.25, -0.2) is 0 Å². The number of hydrogen-bond acceptors (Lipinski definition) is 2. The van der Waals surface area contributed by atoms with Crippen LogP contribution < -0.4 is 5.73 Å². The van der Waals surface area contributed by atoms with Gasteiger partial charge in [0.25, 0.3) is 0 Å². The van der Waals surface area contributed by atoms with Gasteiger partial charge in [0.05, 0.1) is 6.04 Å². The maximum atomic E-state index is 12.6. The minimum Gasteiger partial charge on any atom is -0.339 e. The Labute approximate surface area is 129 Å². The van der Waals surface area contributed by atoms with Gasteiger partial charge in [-0.15, -0.1) is 0 Å². The molecule has 0 aliphatic rings. The molecule has 21 heavy (non-hydrogen) atoms. The van der Waals surface area contributed by atoms with E-state index in [2.05, 4.69) is 34.6 Å². The summed E-state index contributed by atoms with van der Waals surface area (Å²) in [5, 5.41) is 0. The summed E-state index contributed by atoms with van der Waals surface area (Å²) >= 11 is 0. The highest BCUT2D eigenvalue weighted by molar-refractivity contribution is 5.82. The predicted octanol–water partition coefficient (Wildman–Crippen LogP) is 3.23. The Bertz CT molecular complexity index is 460. The highest BCUT2D eigenvalue weighted by atomic mass is 16.2. The molecule has 1 amide bonds. The third kappa shape index (κ3) is 5.50. The fourth-order valence-corrected chi connectivity index (χ4v) is 2.92. The first-order valence-electron chi connectivity index (χ1n) is 7.60. The van der Waals surface area contributed by atoms with Crippen LogP contribution in [-0.2, 0) is 11.2 Å². The third-order valence-electron chi connectivity index (χ3n) is 3.82. The molecular formula is C18H30N2O. The van der Waals surface area contributed by atoms with Gasteiger partial charge in [0.15, 0.2) is 0 Å². The summed E-state index contributed by atoms with van der Waals surface area (Å²) in [6, 6.07) is 9.44. The van der Waals surface area contributed by atoms with Crippen molar-refractivity contribution in [2.45, 2.75) is 59.0 Å². The number of nitrogens with two attached hydrogens (primary N) is 1. The van der Waals surface area contributed by atoms with Gasteiger partial charge in [0, 0.05) is 12.6 Å². The summed E-state index contributed by atoms with van der Waals surface area (Å²) in [6.45, 7) is 10.8. The quantitative estimate of drug-likeness (QED) is 0.905. The van der Waals surface area contributed by atoms with Gasteiger partial charge in [-0.05, 0) is 37.7 Å². The number of benzene rings is 1. The Hall–Kier alpha value is -1.35. The van der Waals surface area contributed by atoms with E-state index in [1.165, 1.54) is 0 Å². The molecule has 3 heteroatoms. The van der Waals surface area contributed by atoms with Crippen LogP contribution in [0.15, 0.2) is 30.3 Å². The molecule has 1 aromatic rings. The molecule has 1 atom stereocenters. The maximum Gasteiger partial charge on any atom is 0.240 e. The fourth-order valence-electron chi connectivity index (χ4n) is 2.92. The molecule has 1 aromatic carbocycles. The van der Waals surface area contributed by atoms with Crippen molar-refractivity contribution in [3.63, 3.8) is 0 Å². The van der Waals surface area contributed by atoms with Crippen LogP contribution in [0, 0.1) is 5.41 Å². The van der Waals surface area contributed by atoms with E-state index < -0.39 is 6.04 Å². The van der Waals surface area contributed by atoms with Gasteiger partial charge in [-0.3, -0.25) is 4.79 Å². The average molecular weight is 290 g/mol. The van der Waals surface area contributed by atoms with Crippen LogP contribution in [0.25, 0.3) is 0 Å². The molecule has 0 radical (unpaired) electrons. The van der Waals surface area contributed by atoms with Crippen molar-refractivity contribution in [3.8, 4) is 0 Å². The Morgan fingerprint density at radius 3 is 2.14 bits per heavy atom. The van der Waals surface area contributed by atoms with Gasteiger partial charge < -0.3 is 10.6 Å².